The molecule has 4 nitrogen and oxygen atoms in total. The molecule has 0 spiro atoms. The summed E-state index contributed by atoms with van der Waals surface area (Å²) in [4.78, 5) is 26.4. The van der Waals surface area contributed by atoms with Crippen molar-refractivity contribution in [3.63, 3.8) is 0 Å². The fourth-order valence-electron chi connectivity index (χ4n) is 2.99. The minimum Gasteiger partial charge on any atom is -0.326 e. The van der Waals surface area contributed by atoms with E-state index in [2.05, 4.69) is 5.32 Å². The van der Waals surface area contributed by atoms with E-state index in [1.54, 1.807) is 4.90 Å². The quantitative estimate of drug-likeness (QED) is 0.647. The minimum absolute atomic E-state index is 0.0651. The Balaban J connectivity index is 1.68. The van der Waals surface area contributed by atoms with Crippen LogP contribution in [0, 0.1) is 0 Å². The first kappa shape index (κ1) is 19.4. The van der Waals surface area contributed by atoms with E-state index >= 15 is 0 Å². The second-order valence-corrected chi connectivity index (χ2v) is 6.58. The molecule has 0 aliphatic carbocycles. The molecule has 0 bridgehead atoms. The lowest BCUT2D eigenvalue weighted by atomic mass is 10.1. The molecule has 0 heterocycles. The molecule has 28 heavy (non-hydrogen) atoms. The van der Waals surface area contributed by atoms with Crippen LogP contribution in [0.1, 0.15) is 24.5 Å². The van der Waals surface area contributed by atoms with Crippen LogP contribution in [-0.2, 0) is 22.6 Å². The largest absolute Gasteiger partial charge is 0.326 e. The molecule has 0 aromatic heterocycles. The highest BCUT2D eigenvalue weighted by molar-refractivity contribution is 5.94. The maximum absolute atomic E-state index is 12.4. The number of carbonyl (C=O) groups is 2. The Morgan fingerprint density at radius 1 is 0.786 bits per heavy atom. The molecule has 1 N–H and O–H groups in total. The van der Waals surface area contributed by atoms with Crippen molar-refractivity contribution in [1.82, 2.24) is 0 Å². The molecule has 0 atom stereocenters. The average Bonchev–Trinajstić information content (AvgIpc) is 2.73. The van der Waals surface area contributed by atoms with Crippen molar-refractivity contribution in [2.24, 2.45) is 0 Å². The van der Waals surface area contributed by atoms with Crippen LogP contribution in [0.4, 0.5) is 11.4 Å². The lowest BCUT2D eigenvalue weighted by molar-refractivity contribution is -0.118. The van der Waals surface area contributed by atoms with E-state index in [-0.39, 0.29) is 18.2 Å². The van der Waals surface area contributed by atoms with Gasteiger partial charge in [-0.15, -0.1) is 0 Å². The molecule has 0 saturated heterocycles. The fraction of sp³-hybridized carbons (Fsp3) is 0.167. The summed E-state index contributed by atoms with van der Waals surface area (Å²) >= 11 is 0. The molecular weight excluding hydrogens is 348 g/mol. The first-order chi connectivity index (χ1) is 13.7. The summed E-state index contributed by atoms with van der Waals surface area (Å²) in [6.07, 6.45) is 0.726. The third-order valence-electron chi connectivity index (χ3n) is 4.46. The van der Waals surface area contributed by atoms with Crippen molar-refractivity contribution < 1.29 is 9.59 Å². The Labute approximate surface area is 165 Å². The van der Waals surface area contributed by atoms with Crippen LogP contribution < -0.4 is 10.2 Å². The van der Waals surface area contributed by atoms with Gasteiger partial charge in [-0.25, -0.2) is 0 Å². The molecule has 0 saturated carbocycles. The molecule has 142 valence electrons. The van der Waals surface area contributed by atoms with Crippen molar-refractivity contribution in [1.29, 1.82) is 0 Å². The molecule has 0 radical (unpaired) electrons. The number of hydrogen-bond acceptors (Lipinski definition) is 2. The van der Waals surface area contributed by atoms with Gasteiger partial charge in [0.1, 0.15) is 0 Å². The SMILES string of the molecule is CCC(=O)N(Cc1ccccc1)c1ccc(CC(=O)Nc2ccccc2)cc1. The van der Waals surface area contributed by atoms with Crippen molar-refractivity contribution in [2.45, 2.75) is 26.3 Å². The molecule has 0 aliphatic heterocycles. The maximum atomic E-state index is 12.4. The lowest BCUT2D eigenvalue weighted by Gasteiger charge is -2.23. The highest BCUT2D eigenvalue weighted by atomic mass is 16.2. The summed E-state index contributed by atoms with van der Waals surface area (Å²) in [5, 5.41) is 2.88. The van der Waals surface area contributed by atoms with Crippen LogP contribution in [0.5, 0.6) is 0 Å². The molecule has 3 aromatic carbocycles. The summed E-state index contributed by atoms with van der Waals surface area (Å²) in [7, 11) is 0. The van der Waals surface area contributed by atoms with Gasteiger partial charge in [-0.1, -0.05) is 67.6 Å². The zero-order chi connectivity index (χ0) is 19.8. The second kappa shape index (κ2) is 9.51. The van der Waals surface area contributed by atoms with E-state index in [0.29, 0.717) is 13.0 Å². The van der Waals surface area contributed by atoms with E-state index in [4.69, 9.17) is 0 Å². The van der Waals surface area contributed by atoms with Gasteiger partial charge in [0, 0.05) is 17.8 Å². The first-order valence-electron chi connectivity index (χ1n) is 9.44. The van der Waals surface area contributed by atoms with E-state index in [9.17, 15) is 9.59 Å². The third-order valence-corrected chi connectivity index (χ3v) is 4.46. The smallest absolute Gasteiger partial charge is 0.228 e. The number of nitrogens with zero attached hydrogens (tertiary/aromatic N) is 1. The van der Waals surface area contributed by atoms with E-state index < -0.39 is 0 Å². The lowest BCUT2D eigenvalue weighted by Crippen LogP contribution is -2.29. The molecule has 0 unspecified atom stereocenters. The van der Waals surface area contributed by atoms with Gasteiger partial charge in [0.2, 0.25) is 11.8 Å². The Morgan fingerprint density at radius 3 is 2.00 bits per heavy atom. The summed E-state index contributed by atoms with van der Waals surface area (Å²) in [5.41, 5.74) is 3.60. The van der Waals surface area contributed by atoms with Crippen LogP contribution in [-0.4, -0.2) is 11.8 Å². The highest BCUT2D eigenvalue weighted by Crippen LogP contribution is 2.20. The third kappa shape index (κ3) is 5.30. The van der Waals surface area contributed by atoms with Crippen LogP contribution in [0.2, 0.25) is 0 Å². The molecule has 2 amide bonds. The zero-order valence-electron chi connectivity index (χ0n) is 16.0. The van der Waals surface area contributed by atoms with Gasteiger partial charge < -0.3 is 10.2 Å². The van der Waals surface area contributed by atoms with Crippen LogP contribution in [0.25, 0.3) is 0 Å². The zero-order valence-corrected chi connectivity index (χ0v) is 16.0. The number of rotatable bonds is 7. The number of anilines is 2. The predicted molar refractivity (Wildman–Crippen MR) is 113 cm³/mol. The Morgan fingerprint density at radius 2 is 1.39 bits per heavy atom. The number of benzene rings is 3. The number of amides is 2. The minimum atomic E-state index is -0.0651. The molecule has 0 fully saturated rings. The van der Waals surface area contributed by atoms with Gasteiger partial charge in [0.05, 0.1) is 13.0 Å². The van der Waals surface area contributed by atoms with E-state index in [1.165, 1.54) is 0 Å². The highest BCUT2D eigenvalue weighted by Gasteiger charge is 2.15. The average molecular weight is 372 g/mol. The van der Waals surface area contributed by atoms with Gasteiger partial charge in [-0.05, 0) is 35.4 Å². The Hall–Kier alpha value is -3.40. The summed E-state index contributed by atoms with van der Waals surface area (Å²) in [5.74, 6) is 0.00292. The normalized spacial score (nSPS) is 10.3. The number of carbonyl (C=O) groups excluding carboxylic acids is 2. The number of hydrogen-bond donors (Lipinski definition) is 1. The maximum Gasteiger partial charge on any atom is 0.228 e. The van der Waals surface area contributed by atoms with E-state index in [1.807, 2.05) is 91.9 Å². The molecule has 4 heteroatoms. The molecule has 0 aliphatic rings. The van der Waals surface area contributed by atoms with Gasteiger partial charge in [0.15, 0.2) is 0 Å². The van der Waals surface area contributed by atoms with Crippen LogP contribution >= 0.6 is 0 Å². The van der Waals surface area contributed by atoms with Gasteiger partial charge in [0.25, 0.3) is 0 Å². The van der Waals surface area contributed by atoms with Gasteiger partial charge >= 0.3 is 0 Å². The van der Waals surface area contributed by atoms with Crippen molar-refractivity contribution in [3.05, 3.63) is 96.1 Å². The molecule has 3 rings (SSSR count). The predicted octanol–water partition coefficient (Wildman–Crippen LogP) is 4.81. The second-order valence-electron chi connectivity index (χ2n) is 6.58. The van der Waals surface area contributed by atoms with Crippen LogP contribution in [0.3, 0.4) is 0 Å². The summed E-state index contributed by atoms with van der Waals surface area (Å²) in [6.45, 7) is 2.39. The number of para-hydroxylation sites is 1. The topological polar surface area (TPSA) is 49.4 Å². The monoisotopic (exact) mass is 372 g/mol. The van der Waals surface area contributed by atoms with Crippen LogP contribution in [0.15, 0.2) is 84.9 Å². The van der Waals surface area contributed by atoms with E-state index in [0.717, 1.165) is 22.5 Å². The standard InChI is InChI=1S/C24H24N2O2/c1-2-24(28)26(18-20-9-5-3-6-10-20)22-15-13-19(14-16-22)17-23(27)25-21-11-7-4-8-12-21/h3-16H,2,17-18H2,1H3,(H,25,27). The molecule has 3 aromatic rings. The number of nitrogens with one attached hydrogen (secondary N) is 1. The van der Waals surface area contributed by atoms with Crippen molar-refractivity contribution in [3.8, 4) is 0 Å². The Kier molecular flexibility index (Phi) is 6.58. The van der Waals surface area contributed by atoms with Crippen molar-refractivity contribution in [2.75, 3.05) is 10.2 Å². The summed E-state index contributed by atoms with van der Waals surface area (Å²) < 4.78 is 0. The van der Waals surface area contributed by atoms with Gasteiger partial charge in [-0.3, -0.25) is 9.59 Å². The fourth-order valence-corrected chi connectivity index (χ4v) is 2.99. The Bertz CT molecular complexity index is 906. The first-order valence-corrected chi connectivity index (χ1v) is 9.44. The molecular formula is C24H24N2O2. The van der Waals surface area contributed by atoms with Gasteiger partial charge in [-0.2, -0.15) is 0 Å². The van der Waals surface area contributed by atoms with Crippen molar-refractivity contribution >= 4 is 23.2 Å². The summed E-state index contributed by atoms with van der Waals surface area (Å²) in [6, 6.07) is 26.9.